The van der Waals surface area contributed by atoms with Crippen LogP contribution in [-0.2, 0) is 5.54 Å². The monoisotopic (exact) mass is 517 g/mol. The van der Waals surface area contributed by atoms with Gasteiger partial charge in [-0.25, -0.2) is 23.1 Å². The van der Waals surface area contributed by atoms with Crippen LogP contribution >= 0.6 is 11.8 Å². The second-order valence-electron chi connectivity index (χ2n) is 8.42. The smallest absolute Gasteiger partial charge is 0.288 e. The summed E-state index contributed by atoms with van der Waals surface area (Å²) in [5.74, 6) is -2.73. The van der Waals surface area contributed by atoms with Crippen LogP contribution in [0.15, 0.2) is 64.4 Å². The lowest BCUT2D eigenvalue weighted by Gasteiger charge is -2.35. The Morgan fingerprint density at radius 1 is 1.14 bits per heavy atom. The number of carbonyl (C=O) groups excluding carboxylic acids is 1. The van der Waals surface area contributed by atoms with Gasteiger partial charge in [-0.05, 0) is 18.2 Å². The fraction of sp³-hybridized carbons (Fsp3) is 0.250. The quantitative estimate of drug-likeness (QED) is 0.514. The molecule has 3 heterocycles. The predicted octanol–water partition coefficient (Wildman–Crippen LogP) is 3.85. The largest absolute Gasteiger partial charge is 0.339 e. The Morgan fingerprint density at radius 3 is 2.58 bits per heavy atom. The van der Waals surface area contributed by atoms with E-state index in [2.05, 4.69) is 15.3 Å². The topological polar surface area (TPSA) is 90.4 Å². The Kier molecular flexibility index (Phi) is 6.29. The Hall–Kier alpha value is -3.67. The average Bonchev–Trinajstić information content (AvgIpc) is 3.26. The van der Waals surface area contributed by atoms with E-state index >= 15 is 4.39 Å². The van der Waals surface area contributed by atoms with Gasteiger partial charge < -0.3 is 10.2 Å². The molecule has 5 rings (SSSR count). The molecule has 186 valence electrons. The number of anilines is 1. The van der Waals surface area contributed by atoms with Gasteiger partial charge in [-0.15, -0.1) is 0 Å². The molecule has 12 heteroatoms. The maximum absolute atomic E-state index is 15.1. The van der Waals surface area contributed by atoms with E-state index < -0.39 is 34.9 Å². The van der Waals surface area contributed by atoms with E-state index in [9.17, 15) is 22.8 Å². The van der Waals surface area contributed by atoms with Crippen LogP contribution in [0.2, 0.25) is 0 Å². The minimum atomic E-state index is -3.29. The summed E-state index contributed by atoms with van der Waals surface area (Å²) in [6.45, 7) is 0.142. The second-order valence-corrected chi connectivity index (χ2v) is 9.43. The number of hydrogen-bond donors (Lipinski definition) is 2. The molecular formula is C24H19F4N5O2S. The maximum Gasteiger partial charge on any atom is 0.288 e. The van der Waals surface area contributed by atoms with Gasteiger partial charge in [-0.1, -0.05) is 48.2 Å². The van der Waals surface area contributed by atoms with Gasteiger partial charge in [0, 0.05) is 29.3 Å². The van der Waals surface area contributed by atoms with E-state index in [1.165, 1.54) is 28.8 Å². The van der Waals surface area contributed by atoms with E-state index in [0.717, 1.165) is 0 Å². The second kappa shape index (κ2) is 9.41. The Labute approximate surface area is 206 Å². The third kappa shape index (κ3) is 4.25. The van der Waals surface area contributed by atoms with E-state index in [1.54, 1.807) is 42.5 Å². The fourth-order valence-corrected chi connectivity index (χ4v) is 5.66. The highest BCUT2D eigenvalue weighted by atomic mass is 32.2. The lowest BCUT2D eigenvalue weighted by molar-refractivity contribution is 0.0977. The molecule has 0 spiro atoms. The third-order valence-corrected chi connectivity index (χ3v) is 7.29. The van der Waals surface area contributed by atoms with E-state index in [4.69, 9.17) is 4.99 Å². The highest BCUT2D eigenvalue weighted by Crippen LogP contribution is 2.47. The fourth-order valence-electron chi connectivity index (χ4n) is 4.53. The summed E-state index contributed by atoms with van der Waals surface area (Å²) >= 11 is 1.27. The predicted molar refractivity (Wildman–Crippen MR) is 127 cm³/mol. The minimum Gasteiger partial charge on any atom is -0.339 e. The van der Waals surface area contributed by atoms with Crippen molar-refractivity contribution in [2.45, 2.75) is 12.0 Å². The number of nitrogens with zero attached hydrogens (tertiary/aromatic N) is 3. The molecule has 7 nitrogen and oxygen atoms in total. The van der Waals surface area contributed by atoms with Crippen LogP contribution in [-0.4, -0.2) is 39.9 Å². The van der Waals surface area contributed by atoms with E-state index in [-0.39, 0.29) is 41.6 Å². The number of thioether (sulfide) groups is 1. The van der Waals surface area contributed by atoms with Crippen molar-refractivity contribution in [2.24, 2.45) is 10.9 Å². The average molecular weight is 518 g/mol. The number of aromatic nitrogens is 2. The van der Waals surface area contributed by atoms with Crippen molar-refractivity contribution in [3.05, 3.63) is 93.4 Å². The lowest BCUT2D eigenvalue weighted by Crippen LogP contribution is -2.43. The number of carbonyl (C=O) groups is 1. The molecule has 3 aromatic rings. The van der Waals surface area contributed by atoms with Crippen molar-refractivity contribution in [3.63, 3.8) is 0 Å². The van der Waals surface area contributed by atoms with Gasteiger partial charge in [-0.2, -0.15) is 4.39 Å². The summed E-state index contributed by atoms with van der Waals surface area (Å²) in [4.78, 5) is 36.8. The minimum absolute atomic E-state index is 0.0406. The number of hydrogen-bond acceptors (Lipinski definition) is 6. The molecule has 2 aromatic carbocycles. The first-order valence-corrected chi connectivity index (χ1v) is 11.9. The van der Waals surface area contributed by atoms with Crippen molar-refractivity contribution in [1.82, 2.24) is 15.3 Å². The Balaban J connectivity index is 1.55. The number of aromatic amines is 1. The molecule has 1 fully saturated rings. The third-order valence-electron chi connectivity index (χ3n) is 6.25. The van der Waals surface area contributed by atoms with Crippen molar-refractivity contribution >= 4 is 28.8 Å². The molecule has 1 aromatic heterocycles. The number of fused-ring (bicyclic) bond motifs is 1. The van der Waals surface area contributed by atoms with Crippen LogP contribution in [0.4, 0.5) is 23.5 Å². The Morgan fingerprint density at radius 2 is 1.86 bits per heavy atom. The molecule has 1 saturated heterocycles. The van der Waals surface area contributed by atoms with Gasteiger partial charge in [-0.3, -0.25) is 14.6 Å². The molecule has 1 amide bonds. The molecule has 0 unspecified atom stereocenters. The molecule has 2 N–H and O–H groups in total. The first kappa shape index (κ1) is 24.0. The van der Waals surface area contributed by atoms with Gasteiger partial charge in [0.05, 0.1) is 6.54 Å². The maximum atomic E-state index is 15.1. The zero-order valence-electron chi connectivity index (χ0n) is 18.6. The summed E-state index contributed by atoms with van der Waals surface area (Å²) < 4.78 is 55.6. The summed E-state index contributed by atoms with van der Waals surface area (Å²) in [6, 6.07) is 14.6. The Bertz CT molecular complexity index is 1400. The normalized spacial score (nSPS) is 21.3. The molecule has 0 saturated carbocycles. The molecule has 0 aliphatic carbocycles. The highest BCUT2D eigenvalue weighted by molar-refractivity contribution is 8.13. The van der Waals surface area contributed by atoms with E-state index in [0.29, 0.717) is 11.3 Å². The number of alkyl halides is 2. The standard InChI is InChI=1S/C24H19F4N5O2S/c25-16-9-5-4-8-15(16)24-12-33(22-29-18(19(27)28)17(26)21(35)30-22)10-14(24)11-36-23(32-24)31-20(34)13-6-2-1-3-7-13/h1-9,14,19H,10-12H2,(H,29,30,35)(H,31,32,34)/t14-,24-/m0/s1. The van der Waals surface area contributed by atoms with Crippen molar-refractivity contribution in [2.75, 3.05) is 23.7 Å². The number of benzene rings is 2. The van der Waals surface area contributed by atoms with Crippen molar-refractivity contribution < 1.29 is 22.4 Å². The summed E-state index contributed by atoms with van der Waals surface area (Å²) in [5, 5.41) is 3.04. The van der Waals surface area contributed by atoms with Gasteiger partial charge in [0.2, 0.25) is 11.8 Å². The van der Waals surface area contributed by atoms with Gasteiger partial charge in [0.1, 0.15) is 11.4 Å². The molecular weight excluding hydrogens is 498 g/mol. The van der Waals surface area contributed by atoms with E-state index in [1.807, 2.05) is 0 Å². The SMILES string of the molecule is O=C(NC1=N[C@@]2(c3ccccc3F)CN(c3nc(C(F)F)c(F)c(=O)[nH]3)C[C@H]2CS1)c1ccccc1. The first-order chi connectivity index (χ1) is 17.3. The van der Waals surface area contributed by atoms with Gasteiger partial charge in [0.15, 0.2) is 10.9 Å². The number of halogens is 4. The zero-order valence-corrected chi connectivity index (χ0v) is 19.4. The first-order valence-electron chi connectivity index (χ1n) is 11.0. The molecule has 2 aliphatic heterocycles. The number of H-pyrrole nitrogens is 1. The van der Waals surface area contributed by atoms with Gasteiger partial charge >= 0.3 is 0 Å². The van der Waals surface area contributed by atoms with Crippen LogP contribution in [0.3, 0.4) is 0 Å². The summed E-state index contributed by atoms with van der Waals surface area (Å²) in [5.41, 5.74) is -3.12. The number of rotatable bonds is 4. The number of amides is 1. The molecule has 2 atom stereocenters. The number of nitrogens with one attached hydrogen (secondary N) is 2. The lowest BCUT2D eigenvalue weighted by atomic mass is 9.81. The van der Waals surface area contributed by atoms with Crippen LogP contribution in [0.5, 0.6) is 0 Å². The van der Waals surface area contributed by atoms with Gasteiger partial charge in [0.25, 0.3) is 17.9 Å². The molecule has 36 heavy (non-hydrogen) atoms. The molecule has 0 bridgehead atoms. The molecule has 2 aliphatic rings. The van der Waals surface area contributed by atoms with Crippen molar-refractivity contribution in [3.8, 4) is 0 Å². The highest BCUT2D eigenvalue weighted by Gasteiger charge is 2.52. The summed E-state index contributed by atoms with van der Waals surface area (Å²) in [6.07, 6.45) is -3.29. The van der Waals surface area contributed by atoms with Crippen molar-refractivity contribution in [1.29, 1.82) is 0 Å². The van der Waals surface area contributed by atoms with Crippen LogP contribution in [0.1, 0.15) is 28.0 Å². The van der Waals surface area contributed by atoms with Crippen LogP contribution in [0.25, 0.3) is 0 Å². The summed E-state index contributed by atoms with van der Waals surface area (Å²) in [7, 11) is 0. The van der Waals surface area contributed by atoms with Crippen LogP contribution < -0.4 is 15.8 Å². The zero-order chi connectivity index (χ0) is 25.4. The van der Waals surface area contributed by atoms with Crippen LogP contribution in [0, 0.1) is 17.6 Å². The number of aliphatic imine (C=N–C) groups is 1. The number of amidine groups is 1. The molecule has 0 radical (unpaired) electrons.